The number of carbonyl (C=O) groups is 1. The minimum absolute atomic E-state index is 0.0613. The maximum absolute atomic E-state index is 12.0. The number of halogens is 2. The molecule has 0 radical (unpaired) electrons. The number of hydrogen-bond acceptors (Lipinski definition) is 2. The van der Waals surface area contributed by atoms with Crippen molar-refractivity contribution in [1.82, 2.24) is 5.32 Å². The van der Waals surface area contributed by atoms with Crippen LogP contribution in [-0.4, -0.2) is 18.1 Å². The zero-order valence-electron chi connectivity index (χ0n) is 10.8. The molecule has 1 aliphatic carbocycles. The van der Waals surface area contributed by atoms with Crippen LogP contribution in [0.5, 0.6) is 5.75 Å². The molecule has 5 heteroatoms. The highest BCUT2D eigenvalue weighted by Gasteiger charge is 2.22. The van der Waals surface area contributed by atoms with Crippen LogP contribution in [0, 0.1) is 0 Å². The van der Waals surface area contributed by atoms with Crippen LogP contribution in [-0.2, 0) is 4.79 Å². The van der Waals surface area contributed by atoms with Crippen LogP contribution in [0.3, 0.4) is 0 Å². The first kappa shape index (κ1) is 14.7. The lowest BCUT2D eigenvalue weighted by atomic mass is 10.2. The van der Waals surface area contributed by atoms with E-state index in [1.165, 1.54) is 12.8 Å². The Balaban J connectivity index is 1.92. The number of nitrogens with one attached hydrogen (secondary N) is 1. The minimum Gasteiger partial charge on any atom is -0.480 e. The molecule has 19 heavy (non-hydrogen) atoms. The van der Waals surface area contributed by atoms with E-state index in [0.29, 0.717) is 16.8 Å². The highest BCUT2D eigenvalue weighted by molar-refractivity contribution is 9.10. The van der Waals surface area contributed by atoms with Crippen molar-refractivity contribution in [2.24, 2.45) is 0 Å². The summed E-state index contributed by atoms with van der Waals surface area (Å²) >= 11 is 9.24. The molecule has 1 aromatic carbocycles. The van der Waals surface area contributed by atoms with Gasteiger partial charge in [0.05, 0.1) is 4.47 Å². The zero-order chi connectivity index (χ0) is 13.8. The molecule has 1 fully saturated rings. The number of amides is 1. The smallest absolute Gasteiger partial charge is 0.260 e. The Hall–Kier alpha value is -0.740. The molecule has 0 spiro atoms. The monoisotopic (exact) mass is 345 g/mol. The molecular weight excluding hydrogens is 330 g/mol. The van der Waals surface area contributed by atoms with Gasteiger partial charge in [-0.15, -0.1) is 0 Å². The second-order valence-corrected chi connectivity index (χ2v) is 6.12. The van der Waals surface area contributed by atoms with Crippen molar-refractivity contribution in [3.63, 3.8) is 0 Å². The summed E-state index contributed by atoms with van der Waals surface area (Å²) in [6, 6.07) is 5.56. The number of ether oxygens (including phenoxy) is 1. The molecule has 0 aliphatic heterocycles. The first-order chi connectivity index (χ1) is 9.06. The van der Waals surface area contributed by atoms with Crippen molar-refractivity contribution < 1.29 is 9.53 Å². The van der Waals surface area contributed by atoms with Gasteiger partial charge >= 0.3 is 0 Å². The van der Waals surface area contributed by atoms with E-state index in [9.17, 15) is 4.79 Å². The van der Waals surface area contributed by atoms with Crippen LogP contribution < -0.4 is 10.1 Å². The molecule has 0 aromatic heterocycles. The molecule has 0 heterocycles. The van der Waals surface area contributed by atoms with Gasteiger partial charge in [0.1, 0.15) is 5.75 Å². The van der Waals surface area contributed by atoms with Crippen LogP contribution in [0.2, 0.25) is 5.02 Å². The van der Waals surface area contributed by atoms with E-state index in [1.54, 1.807) is 25.1 Å². The van der Waals surface area contributed by atoms with Crippen LogP contribution in [0.25, 0.3) is 0 Å². The van der Waals surface area contributed by atoms with Gasteiger partial charge in [-0.05, 0) is 53.9 Å². The number of hydrogen-bond donors (Lipinski definition) is 1. The van der Waals surface area contributed by atoms with Crippen molar-refractivity contribution in [3.05, 3.63) is 27.7 Å². The van der Waals surface area contributed by atoms with Gasteiger partial charge in [-0.2, -0.15) is 0 Å². The predicted octanol–water partition coefficient (Wildman–Crippen LogP) is 3.93. The molecule has 0 unspecified atom stereocenters. The molecule has 0 bridgehead atoms. The summed E-state index contributed by atoms with van der Waals surface area (Å²) in [4.78, 5) is 12.0. The lowest BCUT2D eigenvalue weighted by Gasteiger charge is -2.18. The van der Waals surface area contributed by atoms with Crippen molar-refractivity contribution in [2.75, 3.05) is 0 Å². The van der Waals surface area contributed by atoms with E-state index in [-0.39, 0.29) is 5.91 Å². The van der Waals surface area contributed by atoms with E-state index in [2.05, 4.69) is 21.2 Å². The maximum Gasteiger partial charge on any atom is 0.260 e. The van der Waals surface area contributed by atoms with Gasteiger partial charge in [0, 0.05) is 11.1 Å². The minimum atomic E-state index is -0.516. The van der Waals surface area contributed by atoms with E-state index in [0.717, 1.165) is 17.3 Å². The van der Waals surface area contributed by atoms with Gasteiger partial charge in [-0.25, -0.2) is 0 Å². The van der Waals surface area contributed by atoms with E-state index >= 15 is 0 Å². The Kier molecular flexibility index (Phi) is 5.11. The molecular formula is C14H17BrClNO2. The molecule has 0 saturated heterocycles. The Morgan fingerprint density at radius 3 is 2.79 bits per heavy atom. The van der Waals surface area contributed by atoms with Gasteiger partial charge in [0.15, 0.2) is 6.10 Å². The fraction of sp³-hybridized carbons (Fsp3) is 0.500. The fourth-order valence-corrected chi connectivity index (χ4v) is 2.98. The second-order valence-electron chi connectivity index (χ2n) is 4.82. The average Bonchev–Trinajstić information content (AvgIpc) is 2.85. The fourth-order valence-electron chi connectivity index (χ4n) is 2.20. The summed E-state index contributed by atoms with van der Waals surface area (Å²) in [5, 5.41) is 3.65. The normalized spacial score (nSPS) is 17.2. The summed E-state index contributed by atoms with van der Waals surface area (Å²) in [7, 11) is 0. The molecule has 1 amide bonds. The third-order valence-electron chi connectivity index (χ3n) is 3.27. The summed E-state index contributed by atoms with van der Waals surface area (Å²) in [6.45, 7) is 1.76. The number of carbonyl (C=O) groups excluding carboxylic acids is 1. The second kappa shape index (κ2) is 6.62. The Labute approximate surface area is 126 Å². The molecule has 104 valence electrons. The van der Waals surface area contributed by atoms with Crippen LogP contribution in [0.15, 0.2) is 22.7 Å². The van der Waals surface area contributed by atoms with Crippen LogP contribution >= 0.6 is 27.5 Å². The third kappa shape index (κ3) is 4.11. The van der Waals surface area contributed by atoms with E-state index < -0.39 is 6.10 Å². The van der Waals surface area contributed by atoms with E-state index in [4.69, 9.17) is 16.3 Å². The van der Waals surface area contributed by atoms with Gasteiger partial charge < -0.3 is 10.1 Å². The Bertz CT molecular complexity index is 461. The SMILES string of the molecule is C[C@H](Oc1ccc(Cl)cc1Br)C(=O)NC1CCCC1. The maximum atomic E-state index is 12.0. The van der Waals surface area contributed by atoms with Crippen molar-refractivity contribution >= 4 is 33.4 Å². The summed E-state index contributed by atoms with van der Waals surface area (Å²) < 4.78 is 6.41. The Morgan fingerprint density at radius 2 is 2.16 bits per heavy atom. The van der Waals surface area contributed by atoms with Gasteiger partial charge in [-0.1, -0.05) is 24.4 Å². The lowest BCUT2D eigenvalue weighted by Crippen LogP contribution is -2.41. The van der Waals surface area contributed by atoms with E-state index in [1.807, 2.05) is 0 Å². The van der Waals surface area contributed by atoms with Crippen molar-refractivity contribution in [3.8, 4) is 5.75 Å². The molecule has 1 N–H and O–H groups in total. The van der Waals surface area contributed by atoms with Crippen LogP contribution in [0.4, 0.5) is 0 Å². The first-order valence-electron chi connectivity index (χ1n) is 6.48. The molecule has 1 atom stereocenters. The summed E-state index contributed by atoms with van der Waals surface area (Å²) in [5.74, 6) is 0.562. The molecule has 3 nitrogen and oxygen atoms in total. The third-order valence-corrected chi connectivity index (χ3v) is 4.12. The number of rotatable bonds is 4. The highest BCUT2D eigenvalue weighted by atomic mass is 79.9. The Morgan fingerprint density at radius 1 is 1.47 bits per heavy atom. The molecule has 1 aliphatic rings. The van der Waals surface area contributed by atoms with Gasteiger partial charge in [-0.3, -0.25) is 4.79 Å². The quantitative estimate of drug-likeness (QED) is 0.897. The lowest BCUT2D eigenvalue weighted by molar-refractivity contribution is -0.127. The molecule has 1 saturated carbocycles. The predicted molar refractivity (Wildman–Crippen MR) is 79.6 cm³/mol. The zero-order valence-corrected chi connectivity index (χ0v) is 13.1. The van der Waals surface area contributed by atoms with Gasteiger partial charge in [0.25, 0.3) is 5.91 Å². The molecule has 1 aromatic rings. The molecule has 2 rings (SSSR count). The van der Waals surface area contributed by atoms with Gasteiger partial charge in [0.2, 0.25) is 0 Å². The summed E-state index contributed by atoms with van der Waals surface area (Å²) in [6.07, 6.45) is 4.02. The van der Waals surface area contributed by atoms with Crippen molar-refractivity contribution in [1.29, 1.82) is 0 Å². The first-order valence-corrected chi connectivity index (χ1v) is 7.65. The van der Waals surface area contributed by atoms with Crippen LogP contribution in [0.1, 0.15) is 32.6 Å². The topological polar surface area (TPSA) is 38.3 Å². The summed E-state index contributed by atoms with van der Waals surface area (Å²) in [5.41, 5.74) is 0. The number of benzene rings is 1. The highest BCUT2D eigenvalue weighted by Crippen LogP contribution is 2.28. The average molecular weight is 347 g/mol. The largest absolute Gasteiger partial charge is 0.480 e. The van der Waals surface area contributed by atoms with Crippen molar-refractivity contribution in [2.45, 2.75) is 44.8 Å². The standard InChI is InChI=1S/C14H17BrClNO2/c1-9(14(18)17-11-4-2-3-5-11)19-13-7-6-10(16)8-12(13)15/h6-9,11H,2-5H2,1H3,(H,17,18)/t9-/m0/s1.